The van der Waals surface area contributed by atoms with Crippen molar-refractivity contribution < 1.29 is 18.0 Å². The molecule has 1 aromatic heterocycles. The highest BCUT2D eigenvalue weighted by Crippen LogP contribution is 2.22. The topological polar surface area (TPSA) is 108 Å². The molecule has 0 spiro atoms. The molecule has 0 unspecified atom stereocenters. The van der Waals surface area contributed by atoms with Crippen LogP contribution < -0.4 is 10.6 Å². The summed E-state index contributed by atoms with van der Waals surface area (Å²) in [4.78, 5) is 28.9. The molecule has 0 atom stereocenters. The average Bonchev–Trinajstić information content (AvgIpc) is 3.18. The van der Waals surface area contributed by atoms with Crippen molar-refractivity contribution in [2.75, 3.05) is 27.2 Å². The van der Waals surface area contributed by atoms with Crippen LogP contribution in [0.3, 0.4) is 0 Å². The standard InChI is InChI=1S/C21H24N4O4S2/c1-25(2)31(28,29)16-8-5-7-15(13-16)21(27)23-14-19(26)22-12-6-11-20-24-17-9-3-4-10-18(17)30-20/h3-5,7-10,13H,6,11-12,14H2,1-2H3,(H,22,26)(H,23,27). The number of fused-ring (bicyclic) bond motifs is 1. The van der Waals surface area contributed by atoms with Crippen LogP contribution in [0, 0.1) is 0 Å². The first kappa shape index (κ1) is 22.9. The molecule has 3 aromatic rings. The maximum absolute atomic E-state index is 12.3. The van der Waals surface area contributed by atoms with Gasteiger partial charge < -0.3 is 10.6 Å². The second-order valence-corrected chi connectivity index (χ2v) is 10.3. The highest BCUT2D eigenvalue weighted by atomic mass is 32.2. The summed E-state index contributed by atoms with van der Waals surface area (Å²) in [5, 5.41) is 6.30. The normalized spacial score (nSPS) is 11.6. The molecule has 31 heavy (non-hydrogen) atoms. The lowest BCUT2D eigenvalue weighted by Crippen LogP contribution is -2.37. The molecule has 2 aromatic carbocycles. The molecule has 0 radical (unpaired) electrons. The molecule has 0 bridgehead atoms. The van der Waals surface area contributed by atoms with Crippen molar-refractivity contribution in [2.45, 2.75) is 17.7 Å². The van der Waals surface area contributed by atoms with Crippen molar-refractivity contribution in [3.8, 4) is 0 Å². The van der Waals surface area contributed by atoms with Crippen LogP contribution in [0.15, 0.2) is 53.4 Å². The van der Waals surface area contributed by atoms with Gasteiger partial charge in [0.25, 0.3) is 5.91 Å². The number of hydrogen-bond donors (Lipinski definition) is 2. The zero-order valence-corrected chi connectivity index (χ0v) is 18.9. The van der Waals surface area contributed by atoms with Crippen LogP contribution in [0.25, 0.3) is 10.2 Å². The van der Waals surface area contributed by atoms with Crippen molar-refractivity contribution in [1.29, 1.82) is 0 Å². The second kappa shape index (κ2) is 9.99. The van der Waals surface area contributed by atoms with Gasteiger partial charge in [-0.1, -0.05) is 18.2 Å². The van der Waals surface area contributed by atoms with Crippen LogP contribution in [-0.2, 0) is 21.2 Å². The van der Waals surface area contributed by atoms with E-state index in [0.29, 0.717) is 6.54 Å². The summed E-state index contributed by atoms with van der Waals surface area (Å²) in [7, 11) is -0.801. The molecule has 0 aliphatic carbocycles. The van der Waals surface area contributed by atoms with E-state index in [0.717, 1.165) is 32.4 Å². The lowest BCUT2D eigenvalue weighted by Gasteiger charge is -2.12. The van der Waals surface area contributed by atoms with Gasteiger partial charge in [0.2, 0.25) is 15.9 Å². The van der Waals surface area contributed by atoms with Gasteiger partial charge in [-0.2, -0.15) is 0 Å². The molecular formula is C21H24N4O4S2. The second-order valence-electron chi connectivity index (χ2n) is 7.03. The van der Waals surface area contributed by atoms with Crippen LogP contribution in [0.4, 0.5) is 0 Å². The van der Waals surface area contributed by atoms with Gasteiger partial charge in [-0.15, -0.1) is 11.3 Å². The Morgan fingerprint density at radius 2 is 1.84 bits per heavy atom. The molecule has 10 heteroatoms. The van der Waals surface area contributed by atoms with Crippen molar-refractivity contribution in [1.82, 2.24) is 19.9 Å². The van der Waals surface area contributed by atoms with Gasteiger partial charge in [0.15, 0.2) is 0 Å². The lowest BCUT2D eigenvalue weighted by molar-refractivity contribution is -0.120. The van der Waals surface area contributed by atoms with Crippen molar-refractivity contribution in [2.24, 2.45) is 0 Å². The molecule has 2 amide bonds. The molecule has 1 heterocycles. The highest BCUT2D eigenvalue weighted by molar-refractivity contribution is 7.89. The number of hydrogen-bond acceptors (Lipinski definition) is 6. The first-order valence-electron chi connectivity index (χ1n) is 9.69. The molecule has 2 N–H and O–H groups in total. The summed E-state index contributed by atoms with van der Waals surface area (Å²) in [6.07, 6.45) is 1.50. The van der Waals surface area contributed by atoms with Crippen LogP contribution in [0.2, 0.25) is 0 Å². The van der Waals surface area contributed by atoms with E-state index in [-0.39, 0.29) is 22.9 Å². The summed E-state index contributed by atoms with van der Waals surface area (Å²) in [5.74, 6) is -0.824. The fraction of sp³-hybridized carbons (Fsp3) is 0.286. The zero-order valence-electron chi connectivity index (χ0n) is 17.3. The predicted octanol–water partition coefficient (Wildman–Crippen LogP) is 2.03. The van der Waals surface area contributed by atoms with E-state index in [9.17, 15) is 18.0 Å². The molecule has 0 saturated carbocycles. The summed E-state index contributed by atoms with van der Waals surface area (Å²) in [6.45, 7) is 0.284. The highest BCUT2D eigenvalue weighted by Gasteiger charge is 2.19. The van der Waals surface area contributed by atoms with E-state index < -0.39 is 15.9 Å². The van der Waals surface area contributed by atoms with E-state index in [4.69, 9.17) is 0 Å². The lowest BCUT2D eigenvalue weighted by atomic mass is 10.2. The number of carbonyl (C=O) groups is 2. The Morgan fingerprint density at radius 3 is 2.58 bits per heavy atom. The fourth-order valence-electron chi connectivity index (χ4n) is 2.83. The SMILES string of the molecule is CN(C)S(=O)(=O)c1cccc(C(=O)NCC(=O)NCCCc2nc3ccccc3s2)c1. The Kier molecular flexibility index (Phi) is 7.37. The van der Waals surface area contributed by atoms with Gasteiger partial charge in [0.05, 0.1) is 26.7 Å². The van der Waals surface area contributed by atoms with Gasteiger partial charge in [-0.25, -0.2) is 17.7 Å². The van der Waals surface area contributed by atoms with Crippen molar-refractivity contribution >= 4 is 43.4 Å². The molecular weight excluding hydrogens is 436 g/mol. The fourth-order valence-corrected chi connectivity index (χ4v) is 4.79. The minimum atomic E-state index is -3.64. The molecule has 8 nitrogen and oxygen atoms in total. The number of nitrogens with zero attached hydrogens (tertiary/aromatic N) is 2. The number of carbonyl (C=O) groups excluding carboxylic acids is 2. The average molecular weight is 461 g/mol. The monoisotopic (exact) mass is 460 g/mol. The van der Waals surface area contributed by atoms with Gasteiger partial charge in [0.1, 0.15) is 0 Å². The third kappa shape index (κ3) is 5.87. The quantitative estimate of drug-likeness (QED) is 0.475. The maximum atomic E-state index is 12.3. The van der Waals surface area contributed by atoms with Gasteiger partial charge >= 0.3 is 0 Å². The molecule has 164 valence electrons. The summed E-state index contributed by atoms with van der Waals surface area (Å²) in [6, 6.07) is 13.7. The smallest absolute Gasteiger partial charge is 0.251 e. The zero-order chi connectivity index (χ0) is 22.4. The number of rotatable bonds is 9. The molecule has 0 aliphatic heterocycles. The Morgan fingerprint density at radius 1 is 1.06 bits per heavy atom. The summed E-state index contributed by atoms with van der Waals surface area (Å²) in [5.41, 5.74) is 1.16. The molecule has 0 fully saturated rings. The van der Waals surface area contributed by atoms with Crippen molar-refractivity contribution in [3.63, 3.8) is 0 Å². The Bertz CT molecular complexity index is 1160. The number of amides is 2. The number of aryl methyl sites for hydroxylation is 1. The Hall–Kier alpha value is -2.82. The first-order valence-corrected chi connectivity index (χ1v) is 11.9. The third-order valence-corrected chi connectivity index (χ3v) is 7.42. The summed E-state index contributed by atoms with van der Waals surface area (Å²) < 4.78 is 26.6. The van der Waals surface area contributed by atoms with Gasteiger partial charge in [-0.05, 0) is 36.8 Å². The Balaban J connectivity index is 1.43. The predicted molar refractivity (Wildman–Crippen MR) is 121 cm³/mol. The number of benzene rings is 2. The van der Waals surface area contributed by atoms with Crippen molar-refractivity contribution in [3.05, 3.63) is 59.1 Å². The van der Waals surface area contributed by atoms with Gasteiger partial charge in [0, 0.05) is 32.6 Å². The van der Waals surface area contributed by atoms with E-state index in [1.807, 2.05) is 24.3 Å². The van der Waals surface area contributed by atoms with E-state index in [1.54, 1.807) is 11.3 Å². The largest absolute Gasteiger partial charge is 0.355 e. The van der Waals surface area contributed by atoms with Crippen LogP contribution >= 0.6 is 11.3 Å². The van der Waals surface area contributed by atoms with E-state index >= 15 is 0 Å². The molecule has 3 rings (SSSR count). The number of thiazole rings is 1. The minimum Gasteiger partial charge on any atom is -0.355 e. The molecule has 0 saturated heterocycles. The number of nitrogens with one attached hydrogen (secondary N) is 2. The third-order valence-electron chi connectivity index (χ3n) is 4.51. The van der Waals surface area contributed by atoms with Crippen LogP contribution in [0.5, 0.6) is 0 Å². The number of para-hydroxylation sites is 1. The number of aromatic nitrogens is 1. The first-order chi connectivity index (χ1) is 14.8. The Labute approximate surface area is 185 Å². The maximum Gasteiger partial charge on any atom is 0.251 e. The van der Waals surface area contributed by atoms with E-state index in [1.165, 1.54) is 38.4 Å². The molecule has 0 aliphatic rings. The van der Waals surface area contributed by atoms with Gasteiger partial charge in [-0.3, -0.25) is 9.59 Å². The van der Waals surface area contributed by atoms with Crippen LogP contribution in [-0.4, -0.2) is 56.7 Å². The minimum absolute atomic E-state index is 0.0180. The summed E-state index contributed by atoms with van der Waals surface area (Å²) >= 11 is 1.65. The van der Waals surface area contributed by atoms with E-state index in [2.05, 4.69) is 15.6 Å². The van der Waals surface area contributed by atoms with Crippen LogP contribution in [0.1, 0.15) is 21.8 Å². The number of sulfonamides is 1.